The van der Waals surface area contributed by atoms with Gasteiger partial charge in [0.2, 0.25) is 5.91 Å². The summed E-state index contributed by atoms with van der Waals surface area (Å²) in [4.78, 5) is 34.1. The zero-order chi connectivity index (χ0) is 16.9. The summed E-state index contributed by atoms with van der Waals surface area (Å²) in [6, 6.07) is 0.268. The number of anilines is 1. The molecule has 0 saturated heterocycles. The second kappa shape index (κ2) is 7.34. The van der Waals surface area contributed by atoms with Crippen molar-refractivity contribution in [3.63, 3.8) is 0 Å². The molecule has 0 spiro atoms. The normalized spacial score (nSPS) is 10.1. The zero-order valence-corrected chi connectivity index (χ0v) is 12.1. The molecule has 0 atom stereocenters. The van der Waals surface area contributed by atoms with Gasteiger partial charge >= 0.3 is 12.0 Å². The van der Waals surface area contributed by atoms with Gasteiger partial charge in [-0.2, -0.15) is 0 Å². The molecular weight excluding hydrogens is 300 g/mol. The molecule has 0 heterocycles. The number of hydrazine groups is 1. The van der Waals surface area contributed by atoms with Crippen molar-refractivity contribution in [2.45, 2.75) is 13.8 Å². The number of benzene rings is 1. The summed E-state index contributed by atoms with van der Waals surface area (Å²) in [6.07, 6.45) is 0. The predicted molar refractivity (Wildman–Crippen MR) is 72.8 cm³/mol. The molecule has 0 aliphatic heterocycles. The van der Waals surface area contributed by atoms with E-state index in [4.69, 9.17) is 0 Å². The van der Waals surface area contributed by atoms with Gasteiger partial charge in [0.25, 0.3) is 0 Å². The molecule has 1 aromatic carbocycles. The monoisotopic (exact) mass is 315 g/mol. The van der Waals surface area contributed by atoms with Crippen LogP contribution in [0.15, 0.2) is 12.1 Å². The number of carbonyl (C=O) groups is 3. The highest BCUT2D eigenvalue weighted by Gasteiger charge is 2.18. The number of hydrogen-bond acceptors (Lipinski definition) is 4. The van der Waals surface area contributed by atoms with Crippen LogP contribution in [0.3, 0.4) is 0 Å². The van der Waals surface area contributed by atoms with Crippen LogP contribution < -0.4 is 16.2 Å². The van der Waals surface area contributed by atoms with Gasteiger partial charge in [-0.15, -0.1) is 0 Å². The number of carbonyl (C=O) groups excluding carboxylic acids is 3. The SMILES string of the molecule is COC(=O)c1cc(NC(=O)NNC(=O)C(C)C)c(F)cc1F. The van der Waals surface area contributed by atoms with Gasteiger partial charge in [0.1, 0.15) is 11.6 Å². The van der Waals surface area contributed by atoms with Gasteiger partial charge in [0.15, 0.2) is 0 Å². The third kappa shape index (κ3) is 4.40. The van der Waals surface area contributed by atoms with Crippen molar-refractivity contribution >= 4 is 23.6 Å². The predicted octanol–water partition coefficient (Wildman–Crippen LogP) is 1.56. The molecule has 9 heteroatoms. The average molecular weight is 315 g/mol. The number of halogens is 2. The summed E-state index contributed by atoms with van der Waals surface area (Å²) in [6.45, 7) is 3.22. The van der Waals surface area contributed by atoms with Crippen molar-refractivity contribution < 1.29 is 27.9 Å². The summed E-state index contributed by atoms with van der Waals surface area (Å²) in [5.41, 5.74) is 3.10. The third-order valence-electron chi connectivity index (χ3n) is 2.53. The van der Waals surface area contributed by atoms with Crippen molar-refractivity contribution in [2.75, 3.05) is 12.4 Å². The number of amides is 3. The molecule has 0 bridgehead atoms. The molecule has 3 N–H and O–H groups in total. The van der Waals surface area contributed by atoms with Crippen molar-refractivity contribution in [1.29, 1.82) is 0 Å². The highest BCUT2D eigenvalue weighted by Crippen LogP contribution is 2.20. The quantitative estimate of drug-likeness (QED) is 0.582. The molecule has 120 valence electrons. The molecule has 0 aliphatic rings. The molecule has 0 aromatic heterocycles. The number of rotatable bonds is 3. The first-order chi connectivity index (χ1) is 10.3. The Bertz CT molecular complexity index is 605. The molecule has 0 aliphatic carbocycles. The van der Waals surface area contributed by atoms with Gasteiger partial charge in [-0.05, 0) is 6.07 Å². The summed E-state index contributed by atoms with van der Waals surface area (Å²) in [5, 5.41) is 2.04. The van der Waals surface area contributed by atoms with Crippen molar-refractivity contribution in [2.24, 2.45) is 5.92 Å². The van der Waals surface area contributed by atoms with E-state index in [1.54, 1.807) is 13.8 Å². The van der Waals surface area contributed by atoms with Crippen molar-refractivity contribution in [3.8, 4) is 0 Å². The number of esters is 1. The smallest absolute Gasteiger partial charge is 0.340 e. The Labute approximate surface area is 125 Å². The first-order valence-electron chi connectivity index (χ1n) is 6.20. The Morgan fingerprint density at radius 3 is 2.27 bits per heavy atom. The first-order valence-corrected chi connectivity index (χ1v) is 6.20. The van der Waals surface area contributed by atoms with Crippen LogP contribution in [0.1, 0.15) is 24.2 Å². The second-order valence-corrected chi connectivity index (χ2v) is 4.53. The van der Waals surface area contributed by atoms with Crippen LogP contribution in [0.2, 0.25) is 0 Å². The van der Waals surface area contributed by atoms with E-state index in [1.807, 2.05) is 10.7 Å². The molecule has 7 nitrogen and oxygen atoms in total. The maximum absolute atomic E-state index is 13.6. The Kier molecular flexibility index (Phi) is 5.79. The Morgan fingerprint density at radius 1 is 1.09 bits per heavy atom. The Morgan fingerprint density at radius 2 is 1.73 bits per heavy atom. The van der Waals surface area contributed by atoms with Crippen LogP contribution in [0.4, 0.5) is 19.3 Å². The summed E-state index contributed by atoms with van der Waals surface area (Å²) in [5.74, 6) is -4.05. The highest BCUT2D eigenvalue weighted by atomic mass is 19.1. The van der Waals surface area contributed by atoms with Crippen molar-refractivity contribution in [1.82, 2.24) is 10.9 Å². The third-order valence-corrected chi connectivity index (χ3v) is 2.53. The topological polar surface area (TPSA) is 96.5 Å². The van der Waals surface area contributed by atoms with Gasteiger partial charge in [-0.1, -0.05) is 13.8 Å². The van der Waals surface area contributed by atoms with E-state index in [-0.39, 0.29) is 5.92 Å². The fraction of sp³-hybridized carbons (Fsp3) is 0.308. The lowest BCUT2D eigenvalue weighted by Gasteiger charge is -2.12. The number of nitrogens with one attached hydrogen (secondary N) is 3. The summed E-state index contributed by atoms with van der Waals surface area (Å²) >= 11 is 0. The van der Waals surface area contributed by atoms with Gasteiger partial charge in [-0.3, -0.25) is 10.2 Å². The van der Waals surface area contributed by atoms with E-state index >= 15 is 0 Å². The minimum atomic E-state index is -1.12. The van der Waals surface area contributed by atoms with Crippen LogP contribution in [0, 0.1) is 17.6 Å². The van der Waals surface area contributed by atoms with Crippen LogP contribution in [0.5, 0.6) is 0 Å². The number of ether oxygens (including phenoxy) is 1. The maximum Gasteiger partial charge on any atom is 0.340 e. The fourth-order valence-corrected chi connectivity index (χ4v) is 1.33. The minimum Gasteiger partial charge on any atom is -0.465 e. The summed E-state index contributed by atoms with van der Waals surface area (Å²) in [7, 11) is 1.03. The second-order valence-electron chi connectivity index (χ2n) is 4.53. The van der Waals surface area contributed by atoms with E-state index in [0.717, 1.165) is 13.2 Å². The lowest BCUT2D eigenvalue weighted by atomic mass is 10.2. The highest BCUT2D eigenvalue weighted by molar-refractivity contribution is 5.94. The molecule has 1 rings (SSSR count). The van der Waals surface area contributed by atoms with E-state index in [2.05, 4.69) is 10.2 Å². The average Bonchev–Trinajstić information content (AvgIpc) is 2.46. The minimum absolute atomic E-state index is 0.367. The summed E-state index contributed by atoms with van der Waals surface area (Å²) < 4.78 is 31.3. The molecule has 22 heavy (non-hydrogen) atoms. The van der Waals surface area contributed by atoms with Crippen LogP contribution in [-0.4, -0.2) is 25.0 Å². The van der Waals surface area contributed by atoms with Crippen molar-refractivity contribution in [3.05, 3.63) is 29.3 Å². The largest absolute Gasteiger partial charge is 0.465 e. The maximum atomic E-state index is 13.6. The van der Waals surface area contributed by atoms with Gasteiger partial charge in [0.05, 0.1) is 18.4 Å². The first kappa shape index (κ1) is 17.3. The van der Waals surface area contributed by atoms with Gasteiger partial charge < -0.3 is 10.1 Å². The molecule has 0 unspecified atom stereocenters. The van der Waals surface area contributed by atoms with Crippen LogP contribution >= 0.6 is 0 Å². The molecular formula is C13H15F2N3O4. The van der Waals surface area contributed by atoms with E-state index in [1.165, 1.54) is 0 Å². The molecule has 1 aromatic rings. The fourth-order valence-electron chi connectivity index (χ4n) is 1.33. The van der Waals surface area contributed by atoms with E-state index in [0.29, 0.717) is 6.07 Å². The van der Waals surface area contributed by atoms with Gasteiger partial charge in [0, 0.05) is 12.0 Å². The Hall–Kier alpha value is -2.71. The Balaban J connectivity index is 2.82. The lowest BCUT2D eigenvalue weighted by molar-refractivity contribution is -0.124. The molecule has 0 radical (unpaired) electrons. The van der Waals surface area contributed by atoms with Gasteiger partial charge in [-0.25, -0.2) is 23.8 Å². The van der Waals surface area contributed by atoms with E-state index in [9.17, 15) is 23.2 Å². The number of urea groups is 1. The molecule has 0 saturated carbocycles. The lowest BCUT2D eigenvalue weighted by Crippen LogP contribution is -2.45. The number of hydrogen-bond donors (Lipinski definition) is 3. The number of methoxy groups -OCH3 is 1. The van der Waals surface area contributed by atoms with Crippen LogP contribution in [-0.2, 0) is 9.53 Å². The van der Waals surface area contributed by atoms with E-state index < -0.39 is 40.8 Å². The molecule has 3 amide bonds. The molecule has 0 fully saturated rings. The standard InChI is InChI=1S/C13H15F2N3O4/c1-6(2)11(19)17-18-13(21)16-10-4-7(12(20)22-3)8(14)5-9(10)15/h4-6H,1-3H3,(H,17,19)(H2,16,18,21). The zero-order valence-electron chi connectivity index (χ0n) is 12.1. The van der Waals surface area contributed by atoms with Crippen LogP contribution in [0.25, 0.3) is 0 Å².